The van der Waals surface area contributed by atoms with Crippen LogP contribution in [-0.2, 0) is 6.42 Å². The fraction of sp³-hybridized carbons (Fsp3) is 0.391. The molecular formula is C23H30. The molecule has 0 radical (unpaired) electrons. The topological polar surface area (TPSA) is 0 Å². The summed E-state index contributed by atoms with van der Waals surface area (Å²) < 4.78 is 0. The van der Waals surface area contributed by atoms with Gasteiger partial charge < -0.3 is 0 Å². The summed E-state index contributed by atoms with van der Waals surface area (Å²) in [6.45, 7) is 12.6. The third-order valence-electron chi connectivity index (χ3n) is 3.95. The van der Waals surface area contributed by atoms with Gasteiger partial charge in [0.05, 0.1) is 0 Å². The minimum absolute atomic E-state index is 0.548. The number of fused-ring (bicyclic) bond motifs is 2. The van der Waals surface area contributed by atoms with Crippen LogP contribution in [0, 0.1) is 17.8 Å². The van der Waals surface area contributed by atoms with Crippen molar-refractivity contribution < 1.29 is 0 Å². The van der Waals surface area contributed by atoms with E-state index in [4.69, 9.17) is 0 Å². The van der Waals surface area contributed by atoms with Crippen LogP contribution in [0.15, 0.2) is 48.5 Å². The molecule has 2 aromatic rings. The van der Waals surface area contributed by atoms with Crippen molar-refractivity contribution >= 4 is 0 Å². The van der Waals surface area contributed by atoms with Gasteiger partial charge in [-0.05, 0) is 41.5 Å². The smallest absolute Gasteiger partial charge is 0.0284 e. The van der Waals surface area contributed by atoms with E-state index in [2.05, 4.69) is 74.2 Å². The lowest BCUT2D eigenvalue weighted by Gasteiger charge is -2.24. The van der Waals surface area contributed by atoms with Crippen molar-refractivity contribution in [1.29, 1.82) is 0 Å². The largest absolute Gasteiger partial charge is 0.0683 e. The predicted molar refractivity (Wildman–Crippen MR) is 103 cm³/mol. The molecule has 1 unspecified atom stereocenters. The van der Waals surface area contributed by atoms with Crippen LogP contribution in [0.3, 0.4) is 0 Å². The van der Waals surface area contributed by atoms with Crippen LogP contribution >= 0.6 is 0 Å². The highest BCUT2D eigenvalue weighted by molar-refractivity contribution is 5.52. The second kappa shape index (κ2) is 9.90. The zero-order chi connectivity index (χ0) is 17.2. The maximum atomic E-state index is 3.36. The van der Waals surface area contributed by atoms with E-state index in [0.717, 1.165) is 6.42 Å². The molecule has 0 fully saturated rings. The standard InChI is InChI=1S/C19H18.2C2H6/c1-14(2)19-13-17-9-4-3-7-15(17)11-12-16-8-5-6-10-18(16)19;2*1-2/h3-10,14,19H,13H2,1-2H3;2*1-2H3. The summed E-state index contributed by atoms with van der Waals surface area (Å²) in [4.78, 5) is 0. The molecule has 0 amide bonds. The molecule has 0 aliphatic heterocycles. The highest BCUT2D eigenvalue weighted by atomic mass is 14.2. The van der Waals surface area contributed by atoms with Gasteiger partial charge in [-0.15, -0.1) is 0 Å². The average molecular weight is 306 g/mol. The maximum Gasteiger partial charge on any atom is 0.0284 e. The molecule has 3 rings (SSSR count). The van der Waals surface area contributed by atoms with E-state index in [-0.39, 0.29) is 0 Å². The highest BCUT2D eigenvalue weighted by Gasteiger charge is 2.21. The van der Waals surface area contributed by atoms with Crippen molar-refractivity contribution in [2.24, 2.45) is 5.92 Å². The van der Waals surface area contributed by atoms with Crippen LogP contribution < -0.4 is 0 Å². The van der Waals surface area contributed by atoms with Gasteiger partial charge in [0.15, 0.2) is 0 Å². The zero-order valence-electron chi connectivity index (χ0n) is 15.5. The first-order chi connectivity index (χ1) is 11.3. The van der Waals surface area contributed by atoms with Crippen molar-refractivity contribution in [2.75, 3.05) is 0 Å². The Labute approximate surface area is 143 Å². The second-order valence-electron chi connectivity index (χ2n) is 5.55. The minimum Gasteiger partial charge on any atom is -0.0683 e. The van der Waals surface area contributed by atoms with E-state index in [9.17, 15) is 0 Å². The summed E-state index contributed by atoms with van der Waals surface area (Å²) in [5.41, 5.74) is 5.15. The molecule has 0 heterocycles. The van der Waals surface area contributed by atoms with Crippen molar-refractivity contribution in [3.8, 4) is 11.8 Å². The average Bonchev–Trinajstić information content (AvgIpc) is 2.60. The molecule has 0 aromatic heterocycles. The third-order valence-corrected chi connectivity index (χ3v) is 3.95. The lowest BCUT2D eigenvalue weighted by atomic mass is 9.79. The molecular weight excluding hydrogens is 276 g/mol. The van der Waals surface area contributed by atoms with Gasteiger partial charge in [0.1, 0.15) is 0 Å². The Morgan fingerprint density at radius 1 is 0.783 bits per heavy atom. The Kier molecular flexibility index (Phi) is 8.20. The minimum atomic E-state index is 0.548. The van der Waals surface area contributed by atoms with E-state index in [1.54, 1.807) is 0 Å². The molecule has 0 heteroatoms. The first-order valence-electron chi connectivity index (χ1n) is 8.94. The van der Waals surface area contributed by atoms with Crippen LogP contribution in [-0.4, -0.2) is 0 Å². The van der Waals surface area contributed by atoms with Gasteiger partial charge in [0, 0.05) is 11.1 Å². The summed E-state index contributed by atoms with van der Waals surface area (Å²) in [6, 6.07) is 17.1. The van der Waals surface area contributed by atoms with Crippen molar-refractivity contribution in [1.82, 2.24) is 0 Å². The Bertz CT molecular complexity index is 653. The zero-order valence-corrected chi connectivity index (χ0v) is 15.5. The molecule has 23 heavy (non-hydrogen) atoms. The Hall–Kier alpha value is -2.00. The van der Waals surface area contributed by atoms with Gasteiger partial charge in [-0.1, -0.05) is 89.8 Å². The number of hydrogen-bond acceptors (Lipinski definition) is 0. The van der Waals surface area contributed by atoms with E-state index in [1.807, 2.05) is 27.7 Å². The van der Waals surface area contributed by atoms with Crippen LogP contribution in [0.2, 0.25) is 0 Å². The molecule has 0 bridgehead atoms. The molecule has 1 aliphatic rings. The Morgan fingerprint density at radius 3 is 1.96 bits per heavy atom. The fourth-order valence-electron chi connectivity index (χ4n) is 2.83. The molecule has 0 spiro atoms. The van der Waals surface area contributed by atoms with E-state index in [0.29, 0.717) is 11.8 Å². The molecule has 1 aliphatic carbocycles. The first kappa shape index (κ1) is 19.0. The lowest BCUT2D eigenvalue weighted by Crippen LogP contribution is -2.13. The summed E-state index contributed by atoms with van der Waals surface area (Å²) in [5, 5.41) is 0. The Balaban J connectivity index is 0.000000615. The number of rotatable bonds is 1. The second-order valence-corrected chi connectivity index (χ2v) is 5.55. The van der Waals surface area contributed by atoms with Crippen LogP contribution in [0.4, 0.5) is 0 Å². The third kappa shape index (κ3) is 4.73. The highest BCUT2D eigenvalue weighted by Crippen LogP contribution is 2.32. The van der Waals surface area contributed by atoms with Gasteiger partial charge in [0.2, 0.25) is 0 Å². The predicted octanol–water partition coefficient (Wildman–Crippen LogP) is 6.43. The van der Waals surface area contributed by atoms with E-state index >= 15 is 0 Å². The van der Waals surface area contributed by atoms with Crippen LogP contribution in [0.5, 0.6) is 0 Å². The van der Waals surface area contributed by atoms with Gasteiger partial charge in [-0.3, -0.25) is 0 Å². The quantitative estimate of drug-likeness (QED) is 0.532. The fourth-order valence-corrected chi connectivity index (χ4v) is 2.83. The van der Waals surface area contributed by atoms with Crippen molar-refractivity contribution in [3.05, 3.63) is 70.8 Å². The molecule has 0 saturated carbocycles. The van der Waals surface area contributed by atoms with Gasteiger partial charge in [-0.25, -0.2) is 0 Å². The summed E-state index contributed by atoms with van der Waals surface area (Å²) in [6.07, 6.45) is 1.08. The summed E-state index contributed by atoms with van der Waals surface area (Å²) in [5.74, 6) is 7.85. The molecule has 2 aromatic carbocycles. The maximum absolute atomic E-state index is 3.36. The first-order valence-corrected chi connectivity index (χ1v) is 8.94. The number of benzene rings is 2. The summed E-state index contributed by atoms with van der Waals surface area (Å²) >= 11 is 0. The van der Waals surface area contributed by atoms with E-state index < -0.39 is 0 Å². The molecule has 0 saturated heterocycles. The van der Waals surface area contributed by atoms with Crippen LogP contribution in [0.1, 0.15) is 69.7 Å². The van der Waals surface area contributed by atoms with Crippen molar-refractivity contribution in [2.45, 2.75) is 53.9 Å². The van der Waals surface area contributed by atoms with E-state index in [1.165, 1.54) is 22.3 Å². The lowest BCUT2D eigenvalue weighted by molar-refractivity contribution is 0.494. The molecule has 0 nitrogen and oxygen atoms in total. The van der Waals surface area contributed by atoms with Gasteiger partial charge in [-0.2, -0.15) is 0 Å². The normalized spacial score (nSPS) is 14.3. The molecule has 0 N–H and O–H groups in total. The summed E-state index contributed by atoms with van der Waals surface area (Å²) in [7, 11) is 0. The Morgan fingerprint density at radius 2 is 1.30 bits per heavy atom. The monoisotopic (exact) mass is 306 g/mol. The SMILES string of the molecule is CC.CC.CC(C)C1Cc2ccccc2C#Cc2ccccc21. The van der Waals surface area contributed by atoms with Gasteiger partial charge in [0.25, 0.3) is 0 Å². The molecule has 1 atom stereocenters. The number of hydrogen-bond donors (Lipinski definition) is 0. The van der Waals surface area contributed by atoms with Gasteiger partial charge >= 0.3 is 0 Å². The van der Waals surface area contributed by atoms with Crippen LogP contribution in [0.25, 0.3) is 0 Å². The van der Waals surface area contributed by atoms with Crippen molar-refractivity contribution in [3.63, 3.8) is 0 Å². The molecule has 122 valence electrons.